The molecule has 1 aliphatic heterocycles. The Hall–Kier alpha value is -3.83. The molecule has 0 spiro atoms. The van der Waals surface area contributed by atoms with E-state index < -0.39 is 52.8 Å². The van der Waals surface area contributed by atoms with E-state index in [0.29, 0.717) is 12.1 Å². The first-order valence-corrected chi connectivity index (χ1v) is 9.80. The van der Waals surface area contributed by atoms with Crippen molar-refractivity contribution in [3.05, 3.63) is 82.5 Å². The first kappa shape index (κ1) is 23.3. The zero-order chi connectivity index (χ0) is 25.0. The van der Waals surface area contributed by atoms with Crippen molar-refractivity contribution >= 4 is 17.6 Å². The smallest absolute Gasteiger partial charge is 0.382 e. The van der Waals surface area contributed by atoms with E-state index in [2.05, 4.69) is 5.10 Å². The van der Waals surface area contributed by atoms with Crippen LogP contribution in [-0.2, 0) is 12.4 Å². The minimum atomic E-state index is -5.10. The molecule has 0 bridgehead atoms. The minimum absolute atomic E-state index is 0.00682. The molecular formula is C22H16F6N4O2. The molecule has 34 heavy (non-hydrogen) atoms. The van der Waals surface area contributed by atoms with Gasteiger partial charge in [-0.2, -0.15) is 26.3 Å². The fourth-order valence-corrected chi connectivity index (χ4v) is 4.11. The van der Waals surface area contributed by atoms with E-state index in [4.69, 9.17) is 5.73 Å². The van der Waals surface area contributed by atoms with E-state index in [1.54, 1.807) is 0 Å². The van der Waals surface area contributed by atoms with Gasteiger partial charge in [0.2, 0.25) is 0 Å². The van der Waals surface area contributed by atoms with Crippen LogP contribution >= 0.6 is 0 Å². The Balaban J connectivity index is 1.98. The Kier molecular flexibility index (Phi) is 5.41. The van der Waals surface area contributed by atoms with Crippen molar-refractivity contribution < 1.29 is 35.9 Å². The first-order valence-electron chi connectivity index (χ1n) is 9.80. The molecule has 0 radical (unpaired) electrons. The number of hydrogen-bond acceptors (Lipinski definition) is 4. The number of rotatable bonds is 2. The summed E-state index contributed by atoms with van der Waals surface area (Å²) in [4.78, 5) is 27.4. The fraction of sp³-hybridized carbons (Fsp3) is 0.227. The summed E-state index contributed by atoms with van der Waals surface area (Å²) in [5.74, 6) is -2.81. The summed E-state index contributed by atoms with van der Waals surface area (Å²) in [6.45, 7) is 0. The highest BCUT2D eigenvalue weighted by Gasteiger charge is 2.45. The van der Waals surface area contributed by atoms with E-state index in [0.717, 1.165) is 9.58 Å². The van der Waals surface area contributed by atoms with Gasteiger partial charge in [-0.15, -0.1) is 5.10 Å². The second kappa shape index (κ2) is 7.89. The number of carbonyl (C=O) groups is 2. The first-order chi connectivity index (χ1) is 15.8. The number of aromatic nitrogens is 2. The van der Waals surface area contributed by atoms with Crippen molar-refractivity contribution in [1.82, 2.24) is 14.7 Å². The van der Waals surface area contributed by atoms with Crippen LogP contribution in [0.15, 0.2) is 54.7 Å². The number of likely N-dealkylation sites (N-methyl/N-ethyl adjacent to an activating group) is 1. The molecule has 0 saturated heterocycles. The third kappa shape index (κ3) is 3.99. The topological polar surface area (TPSA) is 81.2 Å². The molecule has 6 nitrogen and oxygen atoms in total. The summed E-state index contributed by atoms with van der Waals surface area (Å²) in [6, 6.07) is 6.77. The van der Waals surface area contributed by atoms with E-state index in [1.807, 2.05) is 0 Å². The molecule has 4 rings (SSSR count). The number of nitrogen functional groups attached to an aromatic ring is 1. The summed E-state index contributed by atoms with van der Waals surface area (Å²) in [7, 11) is 1.22. The molecule has 1 amide bonds. The molecule has 1 aliphatic rings. The molecule has 2 aromatic carbocycles. The Morgan fingerprint density at radius 2 is 1.56 bits per heavy atom. The van der Waals surface area contributed by atoms with E-state index in [-0.39, 0.29) is 23.0 Å². The standard InChI is InChI=1S/C22H16F6N4O2/c1-31-18(11-8-12(21(23,24)25)10-13(9-11)22(26,27)28)17(20(34)32-7-6-16(29)30-32)14-4-2-3-5-15(14)19(31)33/h2-10,17-18H,1H3,(H2,29,30). The van der Waals surface area contributed by atoms with Crippen molar-refractivity contribution in [3.8, 4) is 0 Å². The van der Waals surface area contributed by atoms with Crippen LogP contribution in [0.25, 0.3) is 0 Å². The minimum Gasteiger partial charge on any atom is -0.382 e. The van der Waals surface area contributed by atoms with E-state index >= 15 is 0 Å². The second-order valence-electron chi connectivity index (χ2n) is 7.79. The van der Waals surface area contributed by atoms with Gasteiger partial charge >= 0.3 is 12.4 Å². The van der Waals surface area contributed by atoms with Crippen molar-refractivity contribution in [2.75, 3.05) is 12.8 Å². The Bertz CT molecular complexity index is 1250. The molecule has 2 atom stereocenters. The number of nitrogens with two attached hydrogens (primary N) is 1. The van der Waals surface area contributed by atoms with Crippen LogP contribution in [0.1, 0.15) is 49.4 Å². The zero-order valence-corrected chi connectivity index (χ0v) is 17.4. The summed E-state index contributed by atoms with van der Waals surface area (Å²) < 4.78 is 81.8. The molecule has 2 heterocycles. The van der Waals surface area contributed by atoms with Crippen LogP contribution in [0.2, 0.25) is 0 Å². The van der Waals surface area contributed by atoms with Crippen molar-refractivity contribution in [2.24, 2.45) is 0 Å². The summed E-state index contributed by atoms with van der Waals surface area (Å²) in [6.07, 6.45) is -8.97. The number of halogens is 6. The number of amides is 1. The molecule has 1 aromatic heterocycles. The third-order valence-corrected chi connectivity index (χ3v) is 5.63. The van der Waals surface area contributed by atoms with E-state index in [1.165, 1.54) is 43.6 Å². The van der Waals surface area contributed by atoms with Crippen LogP contribution in [0, 0.1) is 0 Å². The number of fused-ring (bicyclic) bond motifs is 1. The maximum Gasteiger partial charge on any atom is 0.416 e. The van der Waals surface area contributed by atoms with Crippen molar-refractivity contribution in [2.45, 2.75) is 24.3 Å². The van der Waals surface area contributed by atoms with Gasteiger partial charge in [0, 0.05) is 24.9 Å². The van der Waals surface area contributed by atoms with Gasteiger partial charge in [-0.05, 0) is 35.4 Å². The quantitative estimate of drug-likeness (QED) is 0.535. The van der Waals surface area contributed by atoms with Gasteiger partial charge in [0.05, 0.1) is 23.1 Å². The van der Waals surface area contributed by atoms with E-state index in [9.17, 15) is 35.9 Å². The lowest BCUT2D eigenvalue weighted by Gasteiger charge is -2.40. The highest BCUT2D eigenvalue weighted by molar-refractivity contribution is 6.01. The largest absolute Gasteiger partial charge is 0.416 e. The molecule has 3 aromatic rings. The Morgan fingerprint density at radius 1 is 0.971 bits per heavy atom. The van der Waals surface area contributed by atoms with Gasteiger partial charge in [-0.3, -0.25) is 9.59 Å². The number of anilines is 1. The molecule has 12 heteroatoms. The summed E-state index contributed by atoms with van der Waals surface area (Å²) in [5, 5.41) is 3.83. The highest BCUT2D eigenvalue weighted by Crippen LogP contribution is 2.45. The molecule has 0 aliphatic carbocycles. The normalized spacial score (nSPS) is 18.7. The van der Waals surface area contributed by atoms with Gasteiger partial charge in [-0.25, -0.2) is 4.68 Å². The van der Waals surface area contributed by atoms with Crippen LogP contribution in [0.3, 0.4) is 0 Å². The third-order valence-electron chi connectivity index (χ3n) is 5.63. The fourth-order valence-electron chi connectivity index (χ4n) is 4.11. The van der Waals surface area contributed by atoms with Crippen LogP contribution < -0.4 is 5.73 Å². The predicted octanol–water partition coefficient (Wildman–Crippen LogP) is 4.75. The highest BCUT2D eigenvalue weighted by atomic mass is 19.4. The summed E-state index contributed by atoms with van der Waals surface area (Å²) in [5.41, 5.74) is 2.23. The number of alkyl halides is 6. The maximum atomic E-state index is 13.5. The van der Waals surface area contributed by atoms with Gasteiger partial charge in [-0.1, -0.05) is 18.2 Å². The number of nitrogens with zero attached hydrogens (tertiary/aromatic N) is 3. The Labute approximate surface area is 188 Å². The van der Waals surface area contributed by atoms with Gasteiger partial charge in [0.1, 0.15) is 5.82 Å². The van der Waals surface area contributed by atoms with Crippen molar-refractivity contribution in [1.29, 1.82) is 0 Å². The molecule has 2 unspecified atom stereocenters. The molecular weight excluding hydrogens is 466 g/mol. The zero-order valence-electron chi connectivity index (χ0n) is 17.4. The monoisotopic (exact) mass is 482 g/mol. The van der Waals surface area contributed by atoms with Gasteiger partial charge < -0.3 is 10.6 Å². The van der Waals surface area contributed by atoms with Crippen LogP contribution in [-0.4, -0.2) is 33.5 Å². The SMILES string of the molecule is CN1C(=O)c2ccccc2C(C(=O)n2ccc(N)n2)C1c1cc(C(F)(F)F)cc(C(F)(F)F)c1. The lowest BCUT2D eigenvalue weighted by Crippen LogP contribution is -2.44. The molecule has 2 N–H and O–H groups in total. The average molecular weight is 482 g/mol. The average Bonchev–Trinajstić information content (AvgIpc) is 3.20. The number of carbonyl (C=O) groups excluding carboxylic acids is 2. The molecule has 178 valence electrons. The van der Waals surface area contributed by atoms with Crippen molar-refractivity contribution in [3.63, 3.8) is 0 Å². The summed E-state index contributed by atoms with van der Waals surface area (Å²) >= 11 is 0. The van der Waals surface area contributed by atoms with Crippen LogP contribution in [0.4, 0.5) is 32.2 Å². The molecule has 0 fully saturated rings. The Morgan fingerprint density at radius 3 is 2.09 bits per heavy atom. The predicted molar refractivity (Wildman–Crippen MR) is 108 cm³/mol. The van der Waals surface area contributed by atoms with Crippen LogP contribution in [0.5, 0.6) is 0 Å². The number of hydrogen-bond donors (Lipinski definition) is 1. The lowest BCUT2D eigenvalue weighted by atomic mass is 9.78. The van der Waals surface area contributed by atoms with Gasteiger partial charge in [0.25, 0.3) is 11.8 Å². The lowest BCUT2D eigenvalue weighted by molar-refractivity contribution is -0.143. The second-order valence-corrected chi connectivity index (χ2v) is 7.79. The molecule has 0 saturated carbocycles. The number of benzene rings is 2. The van der Waals surface area contributed by atoms with Gasteiger partial charge in [0.15, 0.2) is 0 Å². The maximum absolute atomic E-state index is 13.5.